The first-order valence-electron chi connectivity index (χ1n) is 9.30. The lowest BCUT2D eigenvalue weighted by Gasteiger charge is -2.14. The highest BCUT2D eigenvalue weighted by atomic mass is 32.2. The van der Waals surface area contributed by atoms with Crippen LogP contribution in [0.25, 0.3) is 11.4 Å². The minimum absolute atomic E-state index is 0.0652. The molecule has 144 valence electrons. The molecule has 1 saturated carbocycles. The summed E-state index contributed by atoms with van der Waals surface area (Å²) >= 11 is 1.34. The molecular weight excluding hydrogens is 375 g/mol. The van der Waals surface area contributed by atoms with E-state index in [0.29, 0.717) is 16.5 Å². The summed E-state index contributed by atoms with van der Waals surface area (Å²) in [4.78, 5) is 12.4. The summed E-state index contributed by atoms with van der Waals surface area (Å²) < 4.78 is 16.2. The third-order valence-corrected chi connectivity index (χ3v) is 5.64. The maximum absolute atomic E-state index is 14.2. The number of carbonyl (C=O) groups excluding carboxylic acids is 1. The summed E-state index contributed by atoms with van der Waals surface area (Å²) in [5.41, 5.74) is 1.50. The molecule has 0 bridgehead atoms. The van der Waals surface area contributed by atoms with Gasteiger partial charge in [0.15, 0.2) is 11.0 Å². The van der Waals surface area contributed by atoms with E-state index >= 15 is 0 Å². The number of nitrogens with one attached hydrogen (secondary N) is 1. The fraction of sp³-hybridized carbons (Fsp3) is 0.286. The molecule has 1 unspecified atom stereocenters. The van der Waals surface area contributed by atoms with Gasteiger partial charge in [-0.2, -0.15) is 0 Å². The van der Waals surface area contributed by atoms with Crippen LogP contribution in [0.1, 0.15) is 37.4 Å². The van der Waals surface area contributed by atoms with E-state index in [1.807, 2.05) is 41.8 Å². The molecule has 0 radical (unpaired) electrons. The summed E-state index contributed by atoms with van der Waals surface area (Å²) in [6.07, 6.45) is 2.04. The van der Waals surface area contributed by atoms with E-state index < -0.39 is 0 Å². The van der Waals surface area contributed by atoms with Crippen LogP contribution in [0, 0.1) is 5.82 Å². The van der Waals surface area contributed by atoms with Crippen LogP contribution in [0.5, 0.6) is 0 Å². The standard InChI is InChI=1S/C21H21FN4OS/c1-14(15-7-3-2-4-8-15)23-19(27)13-28-21-25-24-20(26(21)16-11-12-16)17-9-5-6-10-18(17)22/h2-10,14,16H,11-13H2,1H3,(H,23,27). The van der Waals surface area contributed by atoms with Gasteiger partial charge < -0.3 is 5.32 Å². The molecule has 7 heteroatoms. The normalized spacial score (nSPS) is 14.6. The van der Waals surface area contributed by atoms with Crippen LogP contribution in [0.3, 0.4) is 0 Å². The Morgan fingerprint density at radius 2 is 1.89 bits per heavy atom. The number of halogens is 1. The first-order valence-corrected chi connectivity index (χ1v) is 10.3. The first kappa shape index (κ1) is 18.7. The number of thioether (sulfide) groups is 1. The van der Waals surface area contributed by atoms with Gasteiger partial charge in [-0.1, -0.05) is 54.2 Å². The van der Waals surface area contributed by atoms with E-state index in [2.05, 4.69) is 15.5 Å². The fourth-order valence-electron chi connectivity index (χ4n) is 3.10. The Balaban J connectivity index is 1.45. The minimum Gasteiger partial charge on any atom is -0.349 e. The minimum atomic E-state index is -0.317. The third-order valence-electron chi connectivity index (χ3n) is 4.70. The lowest BCUT2D eigenvalue weighted by molar-refractivity contribution is -0.119. The lowest BCUT2D eigenvalue weighted by Crippen LogP contribution is -2.28. The number of hydrogen-bond acceptors (Lipinski definition) is 4. The molecule has 0 spiro atoms. The molecule has 5 nitrogen and oxygen atoms in total. The van der Waals surface area contributed by atoms with Crippen molar-refractivity contribution in [3.63, 3.8) is 0 Å². The van der Waals surface area contributed by atoms with Crippen LogP contribution < -0.4 is 5.32 Å². The molecule has 28 heavy (non-hydrogen) atoms. The first-order chi connectivity index (χ1) is 13.6. The molecular formula is C21H21FN4OS. The van der Waals surface area contributed by atoms with Gasteiger partial charge in [0.05, 0.1) is 17.4 Å². The van der Waals surface area contributed by atoms with E-state index in [4.69, 9.17) is 0 Å². The second kappa shape index (κ2) is 8.14. The van der Waals surface area contributed by atoms with Crippen LogP contribution in [0.4, 0.5) is 4.39 Å². The number of aromatic nitrogens is 3. The van der Waals surface area contributed by atoms with Crippen molar-refractivity contribution < 1.29 is 9.18 Å². The zero-order chi connectivity index (χ0) is 19.5. The highest BCUT2D eigenvalue weighted by Gasteiger charge is 2.31. The van der Waals surface area contributed by atoms with Gasteiger partial charge in [0.2, 0.25) is 5.91 Å². The van der Waals surface area contributed by atoms with Crippen molar-refractivity contribution in [2.75, 3.05) is 5.75 Å². The van der Waals surface area contributed by atoms with E-state index in [1.54, 1.807) is 18.2 Å². The molecule has 1 heterocycles. The van der Waals surface area contributed by atoms with Crippen LogP contribution in [0.2, 0.25) is 0 Å². The monoisotopic (exact) mass is 396 g/mol. The van der Waals surface area contributed by atoms with Crippen LogP contribution in [-0.4, -0.2) is 26.4 Å². The zero-order valence-electron chi connectivity index (χ0n) is 15.5. The Morgan fingerprint density at radius 3 is 2.61 bits per heavy atom. The van der Waals surface area contributed by atoms with Crippen molar-refractivity contribution in [2.24, 2.45) is 0 Å². The van der Waals surface area contributed by atoms with Gasteiger partial charge in [0, 0.05) is 6.04 Å². The van der Waals surface area contributed by atoms with Crippen molar-refractivity contribution in [1.82, 2.24) is 20.1 Å². The second-order valence-corrected chi connectivity index (χ2v) is 7.82. The molecule has 3 aromatic rings. The van der Waals surface area contributed by atoms with E-state index in [9.17, 15) is 9.18 Å². The predicted molar refractivity (Wildman–Crippen MR) is 107 cm³/mol. The third kappa shape index (κ3) is 4.09. The van der Waals surface area contributed by atoms with Crippen molar-refractivity contribution in [3.05, 3.63) is 66.0 Å². The average molecular weight is 396 g/mol. The van der Waals surface area contributed by atoms with Gasteiger partial charge in [-0.15, -0.1) is 10.2 Å². The summed E-state index contributed by atoms with van der Waals surface area (Å²) in [5, 5.41) is 12.1. The molecule has 1 aliphatic carbocycles. The molecule has 1 amide bonds. The van der Waals surface area contributed by atoms with Crippen LogP contribution >= 0.6 is 11.8 Å². The van der Waals surface area contributed by atoms with Crippen LogP contribution in [-0.2, 0) is 4.79 Å². The Morgan fingerprint density at radius 1 is 1.18 bits per heavy atom. The largest absolute Gasteiger partial charge is 0.349 e. The topological polar surface area (TPSA) is 59.8 Å². The molecule has 2 aromatic carbocycles. The summed E-state index contributed by atoms with van der Waals surface area (Å²) in [6, 6.07) is 16.6. The Kier molecular flexibility index (Phi) is 5.43. The van der Waals surface area contributed by atoms with E-state index in [1.165, 1.54) is 17.8 Å². The molecule has 1 fully saturated rings. The van der Waals surface area contributed by atoms with E-state index in [0.717, 1.165) is 18.4 Å². The molecule has 1 aromatic heterocycles. The summed E-state index contributed by atoms with van der Waals surface area (Å²) in [5.74, 6) is 0.377. The van der Waals surface area contributed by atoms with Crippen LogP contribution in [0.15, 0.2) is 59.8 Å². The Hall–Kier alpha value is -2.67. The van der Waals surface area contributed by atoms with E-state index in [-0.39, 0.29) is 29.6 Å². The number of rotatable bonds is 7. The summed E-state index contributed by atoms with van der Waals surface area (Å²) in [6.45, 7) is 1.96. The average Bonchev–Trinajstić information content (AvgIpc) is 3.47. The maximum Gasteiger partial charge on any atom is 0.230 e. The number of nitrogens with zero attached hydrogens (tertiary/aromatic N) is 3. The van der Waals surface area contributed by atoms with Crippen molar-refractivity contribution in [3.8, 4) is 11.4 Å². The fourth-order valence-corrected chi connectivity index (χ4v) is 3.92. The molecule has 1 N–H and O–H groups in total. The van der Waals surface area contributed by atoms with Gasteiger partial charge in [-0.05, 0) is 37.5 Å². The number of benzene rings is 2. The van der Waals surface area contributed by atoms with Crippen molar-refractivity contribution >= 4 is 17.7 Å². The molecule has 4 rings (SSSR count). The molecule has 1 aliphatic rings. The van der Waals surface area contributed by atoms with Gasteiger partial charge in [0.1, 0.15) is 5.82 Å². The number of hydrogen-bond donors (Lipinski definition) is 1. The van der Waals surface area contributed by atoms with Gasteiger partial charge in [-0.3, -0.25) is 9.36 Å². The van der Waals surface area contributed by atoms with Gasteiger partial charge in [-0.25, -0.2) is 4.39 Å². The zero-order valence-corrected chi connectivity index (χ0v) is 16.3. The Bertz CT molecular complexity index is 972. The number of carbonyl (C=O) groups is 1. The second-order valence-electron chi connectivity index (χ2n) is 6.88. The Labute approximate surface area is 167 Å². The van der Waals surface area contributed by atoms with Crippen molar-refractivity contribution in [2.45, 2.75) is 37.0 Å². The highest BCUT2D eigenvalue weighted by molar-refractivity contribution is 7.99. The summed E-state index contributed by atoms with van der Waals surface area (Å²) in [7, 11) is 0. The molecule has 0 aliphatic heterocycles. The quantitative estimate of drug-likeness (QED) is 0.602. The molecule has 1 atom stereocenters. The van der Waals surface area contributed by atoms with Gasteiger partial charge >= 0.3 is 0 Å². The lowest BCUT2D eigenvalue weighted by atomic mass is 10.1. The predicted octanol–water partition coefficient (Wildman–Crippen LogP) is 4.39. The maximum atomic E-state index is 14.2. The van der Waals surface area contributed by atoms with Gasteiger partial charge in [0.25, 0.3) is 0 Å². The SMILES string of the molecule is CC(NC(=O)CSc1nnc(-c2ccccc2F)n1C1CC1)c1ccccc1. The molecule has 0 saturated heterocycles. The number of amides is 1. The van der Waals surface area contributed by atoms with Crippen molar-refractivity contribution in [1.29, 1.82) is 0 Å². The highest BCUT2D eigenvalue weighted by Crippen LogP contribution is 2.41. The smallest absolute Gasteiger partial charge is 0.230 e.